The van der Waals surface area contributed by atoms with Crippen molar-refractivity contribution >= 4 is 23.5 Å². The lowest BCUT2D eigenvalue weighted by molar-refractivity contribution is 0.0950. The van der Waals surface area contributed by atoms with Gasteiger partial charge in [0.25, 0.3) is 5.91 Å². The first kappa shape index (κ1) is 18.6. The lowest BCUT2D eigenvalue weighted by Gasteiger charge is -2.10. The van der Waals surface area contributed by atoms with Gasteiger partial charge in [-0.3, -0.25) is 9.89 Å². The Kier molecular flexibility index (Phi) is 5.78. The first-order valence-corrected chi connectivity index (χ1v) is 9.86. The van der Waals surface area contributed by atoms with Crippen molar-refractivity contribution in [3.63, 3.8) is 0 Å². The van der Waals surface area contributed by atoms with Crippen LogP contribution in [0.3, 0.4) is 0 Å². The van der Waals surface area contributed by atoms with E-state index in [1.54, 1.807) is 23.6 Å². The minimum Gasteiger partial charge on any atom is -0.488 e. The average molecular weight is 402 g/mol. The largest absolute Gasteiger partial charge is 0.488 e. The number of ether oxygens (including phenoxy) is 1. The summed E-state index contributed by atoms with van der Waals surface area (Å²) < 4.78 is 5.98. The summed E-state index contributed by atoms with van der Waals surface area (Å²) in [6.45, 7) is 0.451. The Balaban J connectivity index is 1.45. The number of hydrogen-bond acceptors (Lipinski definition) is 5. The second-order valence-corrected chi connectivity index (χ2v) is 7.13. The minimum atomic E-state index is -0.362. The average Bonchev–Trinajstić information content (AvgIpc) is 3.45. The molecule has 4 rings (SSSR count). The van der Waals surface area contributed by atoms with Crippen molar-refractivity contribution in [1.82, 2.24) is 15.6 Å². The van der Waals surface area contributed by atoms with Crippen molar-refractivity contribution in [2.24, 2.45) is 5.10 Å². The van der Waals surface area contributed by atoms with Crippen LogP contribution in [0.15, 0.2) is 83.3 Å². The SMILES string of the molecule is O=C(N/N=C\c1cccs1)c1cc(-c2ccccc2OCc2ccccc2)n[nH]1. The van der Waals surface area contributed by atoms with E-state index in [4.69, 9.17) is 4.74 Å². The predicted molar refractivity (Wildman–Crippen MR) is 114 cm³/mol. The smallest absolute Gasteiger partial charge is 0.289 e. The van der Waals surface area contributed by atoms with Crippen LogP contribution in [0.4, 0.5) is 0 Å². The Morgan fingerprint density at radius 1 is 1.10 bits per heavy atom. The number of hydrogen-bond donors (Lipinski definition) is 2. The molecule has 2 aromatic carbocycles. The molecule has 0 saturated heterocycles. The second-order valence-electron chi connectivity index (χ2n) is 6.15. The summed E-state index contributed by atoms with van der Waals surface area (Å²) in [5.41, 5.74) is 5.33. The Labute approximate surface area is 171 Å². The Hall–Kier alpha value is -3.71. The summed E-state index contributed by atoms with van der Waals surface area (Å²) in [5, 5.41) is 12.9. The van der Waals surface area contributed by atoms with E-state index < -0.39 is 0 Å². The summed E-state index contributed by atoms with van der Waals surface area (Å²) in [4.78, 5) is 13.2. The molecule has 0 aliphatic heterocycles. The van der Waals surface area contributed by atoms with Gasteiger partial charge in [-0.15, -0.1) is 11.3 Å². The third-order valence-corrected chi connectivity index (χ3v) is 4.93. The molecule has 0 aliphatic carbocycles. The van der Waals surface area contributed by atoms with E-state index in [0.29, 0.717) is 23.7 Å². The van der Waals surface area contributed by atoms with Gasteiger partial charge >= 0.3 is 0 Å². The summed E-state index contributed by atoms with van der Waals surface area (Å²) in [5.74, 6) is 0.338. The summed E-state index contributed by atoms with van der Waals surface area (Å²) in [6.07, 6.45) is 1.60. The van der Waals surface area contributed by atoms with E-state index in [0.717, 1.165) is 16.0 Å². The van der Waals surface area contributed by atoms with Gasteiger partial charge in [-0.25, -0.2) is 5.43 Å². The molecule has 4 aromatic rings. The molecule has 1 amide bonds. The quantitative estimate of drug-likeness (QED) is 0.353. The topological polar surface area (TPSA) is 79.4 Å². The first-order chi connectivity index (χ1) is 14.3. The fourth-order valence-corrected chi connectivity index (χ4v) is 3.28. The van der Waals surface area contributed by atoms with Gasteiger partial charge in [-0.1, -0.05) is 48.5 Å². The van der Waals surface area contributed by atoms with E-state index in [-0.39, 0.29) is 5.91 Å². The molecule has 0 saturated carbocycles. The van der Waals surface area contributed by atoms with E-state index in [9.17, 15) is 4.79 Å². The van der Waals surface area contributed by atoms with Crippen molar-refractivity contribution in [1.29, 1.82) is 0 Å². The third kappa shape index (κ3) is 4.77. The molecule has 29 heavy (non-hydrogen) atoms. The molecular weight excluding hydrogens is 384 g/mol. The molecule has 0 bridgehead atoms. The van der Waals surface area contributed by atoms with Gasteiger partial charge in [0.1, 0.15) is 18.1 Å². The molecular formula is C22H18N4O2S. The zero-order valence-corrected chi connectivity index (χ0v) is 16.2. The molecule has 7 heteroatoms. The molecule has 0 radical (unpaired) electrons. The molecule has 144 valence electrons. The monoisotopic (exact) mass is 402 g/mol. The van der Waals surface area contributed by atoms with Gasteiger partial charge in [0, 0.05) is 10.4 Å². The van der Waals surface area contributed by atoms with Crippen molar-refractivity contribution in [2.45, 2.75) is 6.61 Å². The number of amides is 1. The van der Waals surface area contributed by atoms with Crippen LogP contribution in [0.5, 0.6) is 5.75 Å². The Morgan fingerprint density at radius 2 is 1.93 bits per heavy atom. The van der Waals surface area contributed by atoms with Crippen molar-refractivity contribution in [3.8, 4) is 17.0 Å². The van der Waals surface area contributed by atoms with Crippen LogP contribution in [-0.2, 0) is 6.61 Å². The van der Waals surface area contributed by atoms with Crippen LogP contribution >= 0.6 is 11.3 Å². The van der Waals surface area contributed by atoms with Gasteiger partial charge < -0.3 is 4.74 Å². The van der Waals surface area contributed by atoms with Gasteiger partial charge in [0.15, 0.2) is 0 Å². The number of nitrogens with one attached hydrogen (secondary N) is 2. The summed E-state index contributed by atoms with van der Waals surface area (Å²) in [7, 11) is 0. The first-order valence-electron chi connectivity index (χ1n) is 8.98. The highest BCUT2D eigenvalue weighted by molar-refractivity contribution is 7.11. The maximum absolute atomic E-state index is 12.3. The van der Waals surface area contributed by atoms with Crippen molar-refractivity contribution in [2.75, 3.05) is 0 Å². The number of nitrogens with zero attached hydrogens (tertiary/aromatic N) is 2. The molecule has 6 nitrogen and oxygen atoms in total. The van der Waals surface area contributed by atoms with E-state index >= 15 is 0 Å². The molecule has 2 N–H and O–H groups in total. The minimum absolute atomic E-state index is 0.321. The standard InChI is InChI=1S/C22H18N4O2S/c27-22(26-23-14-17-9-6-12-29-17)20-13-19(24-25-20)18-10-4-5-11-21(18)28-15-16-7-2-1-3-8-16/h1-14H,15H2,(H,24,25)(H,26,27)/b23-14-. The number of carbonyl (C=O) groups excluding carboxylic acids is 1. The van der Waals surface area contributed by atoms with Crippen molar-refractivity contribution in [3.05, 3.63) is 94.3 Å². The van der Waals surface area contributed by atoms with Gasteiger partial charge in [-0.2, -0.15) is 10.2 Å². The molecule has 2 aromatic heterocycles. The molecule has 0 aliphatic rings. The number of para-hydroxylation sites is 1. The molecule has 0 unspecified atom stereocenters. The fraction of sp³-hybridized carbons (Fsp3) is 0.0455. The maximum Gasteiger partial charge on any atom is 0.289 e. The number of carbonyl (C=O) groups is 1. The van der Waals surface area contributed by atoms with Gasteiger partial charge in [-0.05, 0) is 35.2 Å². The number of rotatable bonds is 7. The van der Waals surface area contributed by atoms with Crippen molar-refractivity contribution < 1.29 is 9.53 Å². The predicted octanol–water partition coefficient (Wildman–Crippen LogP) is 4.48. The number of aromatic nitrogens is 2. The molecule has 0 spiro atoms. The zero-order chi connectivity index (χ0) is 19.9. The summed E-state index contributed by atoms with van der Waals surface area (Å²) in [6, 6.07) is 23.1. The van der Waals surface area contributed by atoms with Crippen LogP contribution in [0.25, 0.3) is 11.3 Å². The van der Waals surface area contributed by atoms with Crippen LogP contribution in [0, 0.1) is 0 Å². The number of aromatic amines is 1. The van der Waals surface area contributed by atoms with Crippen LogP contribution < -0.4 is 10.2 Å². The van der Waals surface area contributed by atoms with E-state index in [1.807, 2.05) is 72.1 Å². The lowest BCUT2D eigenvalue weighted by Crippen LogP contribution is -2.17. The number of thiophene rings is 1. The highest BCUT2D eigenvalue weighted by Gasteiger charge is 2.13. The normalized spacial score (nSPS) is 10.9. The van der Waals surface area contributed by atoms with Gasteiger partial charge in [0.05, 0.1) is 11.9 Å². The van der Waals surface area contributed by atoms with E-state index in [1.165, 1.54) is 0 Å². The Morgan fingerprint density at radius 3 is 2.76 bits per heavy atom. The second kappa shape index (κ2) is 8.99. The zero-order valence-electron chi connectivity index (χ0n) is 15.4. The third-order valence-electron chi connectivity index (χ3n) is 4.12. The van der Waals surface area contributed by atoms with Crippen LogP contribution in [0.1, 0.15) is 20.9 Å². The van der Waals surface area contributed by atoms with Crippen LogP contribution in [0.2, 0.25) is 0 Å². The Bertz CT molecular complexity index is 1100. The molecule has 0 fully saturated rings. The molecule has 2 heterocycles. The highest BCUT2D eigenvalue weighted by Crippen LogP contribution is 2.29. The summed E-state index contributed by atoms with van der Waals surface area (Å²) >= 11 is 1.54. The number of H-pyrrole nitrogens is 1. The molecule has 0 atom stereocenters. The highest BCUT2D eigenvalue weighted by atomic mass is 32.1. The number of benzene rings is 2. The van der Waals surface area contributed by atoms with E-state index in [2.05, 4.69) is 20.7 Å². The lowest BCUT2D eigenvalue weighted by atomic mass is 10.1. The fourth-order valence-electron chi connectivity index (χ4n) is 2.69. The number of hydrazone groups is 1. The van der Waals surface area contributed by atoms with Crippen LogP contribution in [-0.4, -0.2) is 22.3 Å². The maximum atomic E-state index is 12.3. The van der Waals surface area contributed by atoms with Gasteiger partial charge in [0.2, 0.25) is 0 Å².